The molecule has 0 amide bonds. The highest BCUT2D eigenvalue weighted by atomic mass is 16.4. The number of anilines is 1. The van der Waals surface area contributed by atoms with Crippen molar-refractivity contribution < 1.29 is 14.7 Å². The number of aromatic carboxylic acids is 1. The van der Waals surface area contributed by atoms with E-state index in [1.165, 1.54) is 13.0 Å². The number of carboxylic acid groups (broad SMARTS) is 1. The summed E-state index contributed by atoms with van der Waals surface area (Å²) in [4.78, 5) is 22.0. The quantitative estimate of drug-likeness (QED) is 0.550. The minimum absolute atomic E-state index is 0.0411. The van der Waals surface area contributed by atoms with Gasteiger partial charge in [-0.05, 0) is 25.5 Å². The Morgan fingerprint density at radius 1 is 1.36 bits per heavy atom. The van der Waals surface area contributed by atoms with E-state index in [-0.39, 0.29) is 22.6 Å². The number of carbonyl (C=O) groups is 2. The van der Waals surface area contributed by atoms with Crippen LogP contribution in [0.1, 0.15) is 33.2 Å². The minimum Gasteiger partial charge on any atom is -0.478 e. The molecule has 74 valence electrons. The first kappa shape index (κ1) is 10.2. The van der Waals surface area contributed by atoms with Gasteiger partial charge in [-0.15, -0.1) is 0 Å². The van der Waals surface area contributed by atoms with E-state index in [0.717, 1.165) is 0 Å². The molecule has 0 heterocycles. The van der Waals surface area contributed by atoms with E-state index < -0.39 is 5.97 Å². The Morgan fingerprint density at radius 2 is 1.93 bits per heavy atom. The highest BCUT2D eigenvalue weighted by molar-refractivity contribution is 6.08. The van der Waals surface area contributed by atoms with Gasteiger partial charge in [-0.3, -0.25) is 4.79 Å². The van der Waals surface area contributed by atoms with Gasteiger partial charge in [-0.2, -0.15) is 0 Å². The van der Waals surface area contributed by atoms with Crippen molar-refractivity contribution in [2.45, 2.75) is 13.8 Å². The molecule has 0 fully saturated rings. The zero-order valence-electron chi connectivity index (χ0n) is 8.00. The number of benzene rings is 1. The lowest BCUT2D eigenvalue weighted by Crippen LogP contribution is -2.10. The SMILES string of the molecule is CC(=O)c1c(C(=O)O)ccc(C)c1N. The van der Waals surface area contributed by atoms with Crippen molar-refractivity contribution in [2.75, 3.05) is 5.73 Å². The van der Waals surface area contributed by atoms with Gasteiger partial charge >= 0.3 is 5.97 Å². The van der Waals surface area contributed by atoms with Gasteiger partial charge in [0.15, 0.2) is 5.78 Å². The molecular weight excluding hydrogens is 182 g/mol. The molecule has 1 aromatic carbocycles. The normalized spacial score (nSPS) is 9.86. The summed E-state index contributed by atoms with van der Waals surface area (Å²) in [7, 11) is 0. The van der Waals surface area contributed by atoms with Crippen molar-refractivity contribution >= 4 is 17.4 Å². The molecule has 0 aliphatic carbocycles. The van der Waals surface area contributed by atoms with E-state index >= 15 is 0 Å². The van der Waals surface area contributed by atoms with Gasteiger partial charge < -0.3 is 10.8 Å². The first-order valence-electron chi connectivity index (χ1n) is 4.08. The maximum atomic E-state index is 11.2. The largest absolute Gasteiger partial charge is 0.478 e. The summed E-state index contributed by atoms with van der Waals surface area (Å²) in [5.74, 6) is -1.47. The molecule has 0 aliphatic rings. The maximum Gasteiger partial charge on any atom is 0.336 e. The number of hydrogen-bond donors (Lipinski definition) is 2. The monoisotopic (exact) mass is 193 g/mol. The molecule has 0 saturated heterocycles. The highest BCUT2D eigenvalue weighted by Crippen LogP contribution is 2.21. The summed E-state index contributed by atoms with van der Waals surface area (Å²) in [5, 5.41) is 8.82. The van der Waals surface area contributed by atoms with Crippen molar-refractivity contribution in [3.63, 3.8) is 0 Å². The van der Waals surface area contributed by atoms with Crippen LogP contribution in [0.4, 0.5) is 5.69 Å². The molecule has 1 rings (SSSR count). The molecule has 0 aromatic heterocycles. The van der Waals surface area contributed by atoms with E-state index in [1.807, 2.05) is 0 Å². The number of nitrogens with two attached hydrogens (primary N) is 1. The van der Waals surface area contributed by atoms with Crippen LogP contribution < -0.4 is 5.73 Å². The highest BCUT2D eigenvalue weighted by Gasteiger charge is 2.17. The number of hydrogen-bond acceptors (Lipinski definition) is 3. The summed E-state index contributed by atoms with van der Waals surface area (Å²) in [6.45, 7) is 3.03. The zero-order valence-corrected chi connectivity index (χ0v) is 8.00. The summed E-state index contributed by atoms with van der Waals surface area (Å²) >= 11 is 0. The Kier molecular flexibility index (Phi) is 2.56. The average molecular weight is 193 g/mol. The smallest absolute Gasteiger partial charge is 0.336 e. The lowest BCUT2D eigenvalue weighted by Gasteiger charge is -2.08. The van der Waals surface area contributed by atoms with Gasteiger partial charge in [0.25, 0.3) is 0 Å². The molecule has 0 spiro atoms. The van der Waals surface area contributed by atoms with Crippen LogP contribution in [-0.4, -0.2) is 16.9 Å². The number of rotatable bonds is 2. The summed E-state index contributed by atoms with van der Waals surface area (Å²) in [5.41, 5.74) is 6.65. The van der Waals surface area contributed by atoms with Crippen LogP contribution in [0.15, 0.2) is 12.1 Å². The molecule has 4 nitrogen and oxygen atoms in total. The number of nitrogen functional groups attached to an aromatic ring is 1. The van der Waals surface area contributed by atoms with Gasteiger partial charge in [-0.25, -0.2) is 4.79 Å². The van der Waals surface area contributed by atoms with Crippen LogP contribution in [0.25, 0.3) is 0 Å². The van der Waals surface area contributed by atoms with Crippen molar-refractivity contribution in [3.05, 3.63) is 28.8 Å². The van der Waals surface area contributed by atoms with E-state index in [0.29, 0.717) is 5.56 Å². The third-order valence-electron chi connectivity index (χ3n) is 2.05. The van der Waals surface area contributed by atoms with Gasteiger partial charge in [0, 0.05) is 5.69 Å². The summed E-state index contributed by atoms with van der Waals surface area (Å²) in [6.07, 6.45) is 0. The van der Waals surface area contributed by atoms with E-state index in [1.54, 1.807) is 13.0 Å². The molecular formula is C10H11NO3. The van der Waals surface area contributed by atoms with E-state index in [2.05, 4.69) is 0 Å². The third kappa shape index (κ3) is 1.59. The van der Waals surface area contributed by atoms with Crippen LogP contribution in [0.3, 0.4) is 0 Å². The fraction of sp³-hybridized carbons (Fsp3) is 0.200. The third-order valence-corrected chi connectivity index (χ3v) is 2.05. The van der Waals surface area contributed by atoms with Crippen molar-refractivity contribution in [1.82, 2.24) is 0 Å². The standard InChI is InChI=1S/C10H11NO3/c1-5-3-4-7(10(13)14)8(6(2)12)9(5)11/h3-4H,11H2,1-2H3,(H,13,14). The van der Waals surface area contributed by atoms with Crippen LogP contribution in [0.5, 0.6) is 0 Å². The lowest BCUT2D eigenvalue weighted by atomic mass is 9.99. The summed E-state index contributed by atoms with van der Waals surface area (Å²) < 4.78 is 0. The second-order valence-electron chi connectivity index (χ2n) is 3.08. The topological polar surface area (TPSA) is 80.4 Å². The molecule has 3 N–H and O–H groups in total. The van der Waals surface area contributed by atoms with E-state index in [9.17, 15) is 9.59 Å². The number of carbonyl (C=O) groups excluding carboxylic acids is 1. The predicted octanol–water partition coefficient (Wildman–Crippen LogP) is 1.48. The summed E-state index contributed by atoms with van der Waals surface area (Å²) in [6, 6.07) is 2.98. The van der Waals surface area contributed by atoms with Gasteiger partial charge in [0.05, 0.1) is 11.1 Å². The fourth-order valence-corrected chi connectivity index (χ4v) is 1.28. The molecule has 0 unspecified atom stereocenters. The van der Waals surface area contributed by atoms with Gasteiger partial charge in [0.2, 0.25) is 0 Å². The lowest BCUT2D eigenvalue weighted by molar-refractivity contribution is 0.0692. The van der Waals surface area contributed by atoms with E-state index in [4.69, 9.17) is 10.8 Å². The second kappa shape index (κ2) is 3.49. The Labute approximate surface area is 81.3 Å². The predicted molar refractivity (Wildman–Crippen MR) is 52.6 cm³/mol. The molecule has 0 bridgehead atoms. The average Bonchev–Trinajstić information content (AvgIpc) is 2.08. The Morgan fingerprint density at radius 3 is 2.36 bits per heavy atom. The number of ketones is 1. The minimum atomic E-state index is -1.14. The first-order valence-corrected chi connectivity index (χ1v) is 4.08. The van der Waals surface area contributed by atoms with Crippen LogP contribution in [0.2, 0.25) is 0 Å². The number of Topliss-reactive ketones (excluding diaryl/α,β-unsaturated/α-hetero) is 1. The fourth-order valence-electron chi connectivity index (χ4n) is 1.28. The molecule has 1 aromatic rings. The molecule has 14 heavy (non-hydrogen) atoms. The Bertz CT molecular complexity index is 410. The Balaban J connectivity index is 3.53. The number of aryl methyl sites for hydroxylation is 1. The molecule has 0 saturated carbocycles. The maximum absolute atomic E-state index is 11.2. The molecule has 0 atom stereocenters. The van der Waals surface area contributed by atoms with Crippen molar-refractivity contribution in [2.24, 2.45) is 0 Å². The zero-order chi connectivity index (χ0) is 10.9. The molecule has 0 aliphatic heterocycles. The molecule has 0 radical (unpaired) electrons. The van der Waals surface area contributed by atoms with Crippen molar-refractivity contribution in [3.8, 4) is 0 Å². The first-order chi connectivity index (χ1) is 6.45. The van der Waals surface area contributed by atoms with Crippen LogP contribution in [-0.2, 0) is 0 Å². The second-order valence-corrected chi connectivity index (χ2v) is 3.08. The Hall–Kier alpha value is -1.84. The van der Waals surface area contributed by atoms with Gasteiger partial charge in [-0.1, -0.05) is 6.07 Å². The van der Waals surface area contributed by atoms with Crippen molar-refractivity contribution in [1.29, 1.82) is 0 Å². The van der Waals surface area contributed by atoms with Gasteiger partial charge in [0.1, 0.15) is 0 Å². The van der Waals surface area contributed by atoms with Crippen LogP contribution in [0, 0.1) is 6.92 Å². The molecule has 4 heteroatoms. The van der Waals surface area contributed by atoms with Crippen LogP contribution >= 0.6 is 0 Å². The number of carboxylic acids is 1.